The van der Waals surface area contributed by atoms with Crippen molar-refractivity contribution in [3.05, 3.63) is 48.9 Å². The van der Waals surface area contributed by atoms with Gasteiger partial charge >= 0.3 is 7.12 Å². The molecule has 1 N–H and O–H groups in total. The Morgan fingerprint density at radius 3 is 1.96 bits per heavy atom. The summed E-state index contributed by atoms with van der Waals surface area (Å²) in [5.74, 6) is 0. The highest BCUT2D eigenvalue weighted by molar-refractivity contribution is 6.62. The second kappa shape index (κ2) is 8.93. The Bertz CT molecular complexity index is 873. The summed E-state index contributed by atoms with van der Waals surface area (Å²) in [5, 5.41) is 2.35. The average Bonchev–Trinajstić information content (AvgIpc) is 3.31. The summed E-state index contributed by atoms with van der Waals surface area (Å²) in [4.78, 5) is 7.22. The maximum Gasteiger partial charge on any atom is 0.494 e. The van der Waals surface area contributed by atoms with Gasteiger partial charge < -0.3 is 14.3 Å². The summed E-state index contributed by atoms with van der Waals surface area (Å²) in [6.07, 6.45) is 3.53. The molecule has 0 aliphatic carbocycles. The topological polar surface area (TPSA) is 47.1 Å². The van der Waals surface area contributed by atoms with E-state index in [1.807, 2.05) is 33.9 Å². The minimum Gasteiger partial charge on any atom is -0.399 e. The van der Waals surface area contributed by atoms with Gasteiger partial charge in [0.1, 0.15) is 0 Å². The highest BCUT2D eigenvalue weighted by Crippen LogP contribution is 2.36. The molecule has 1 aliphatic rings. The van der Waals surface area contributed by atoms with Gasteiger partial charge in [0.15, 0.2) is 0 Å². The molecule has 28 heavy (non-hydrogen) atoms. The summed E-state index contributed by atoms with van der Waals surface area (Å²) in [6, 6.07) is 12.7. The van der Waals surface area contributed by atoms with Crippen LogP contribution in [-0.2, 0) is 9.31 Å². The van der Waals surface area contributed by atoms with Crippen LogP contribution in [0.15, 0.2) is 48.9 Å². The lowest BCUT2D eigenvalue weighted by molar-refractivity contribution is 0.00578. The van der Waals surface area contributed by atoms with Gasteiger partial charge in [0.25, 0.3) is 0 Å². The number of aromatic nitrogens is 2. The van der Waals surface area contributed by atoms with Gasteiger partial charge in [0.2, 0.25) is 0 Å². The van der Waals surface area contributed by atoms with Crippen molar-refractivity contribution < 1.29 is 9.31 Å². The van der Waals surface area contributed by atoms with Crippen LogP contribution in [0.1, 0.15) is 55.4 Å². The molecule has 3 aromatic rings. The smallest absolute Gasteiger partial charge is 0.399 e. The number of aromatic amines is 1. The number of rotatable bonds is 2. The van der Waals surface area contributed by atoms with E-state index < -0.39 is 0 Å². The van der Waals surface area contributed by atoms with Crippen LogP contribution < -0.4 is 5.46 Å². The fourth-order valence-corrected chi connectivity index (χ4v) is 2.97. The fourth-order valence-electron chi connectivity index (χ4n) is 2.97. The number of H-pyrrole nitrogens is 1. The molecule has 0 bridgehead atoms. The van der Waals surface area contributed by atoms with Gasteiger partial charge in [-0.3, -0.25) is 0 Å². The van der Waals surface area contributed by atoms with Crippen LogP contribution in [0.2, 0.25) is 0 Å². The van der Waals surface area contributed by atoms with E-state index in [0.717, 1.165) is 16.7 Å². The first-order valence-corrected chi connectivity index (χ1v) is 10.2. The number of nitrogens with one attached hydrogen (secondary N) is 1. The van der Waals surface area contributed by atoms with Gasteiger partial charge in [-0.05, 0) is 50.0 Å². The van der Waals surface area contributed by atoms with Crippen LogP contribution in [0.3, 0.4) is 0 Å². The van der Waals surface area contributed by atoms with Gasteiger partial charge in [-0.2, -0.15) is 0 Å². The zero-order chi connectivity index (χ0) is 20.9. The molecule has 1 aliphatic heterocycles. The maximum absolute atomic E-state index is 6.15. The number of benzene rings is 2. The van der Waals surface area contributed by atoms with Crippen LogP contribution in [0.25, 0.3) is 22.0 Å². The number of nitrogens with zero attached hydrogens (tertiary/aromatic N) is 1. The lowest BCUT2D eigenvalue weighted by atomic mass is 9.78. The van der Waals surface area contributed by atoms with Crippen LogP contribution in [-0.4, -0.2) is 28.3 Å². The lowest BCUT2D eigenvalue weighted by Gasteiger charge is -2.32. The Morgan fingerprint density at radius 2 is 1.39 bits per heavy atom. The zero-order valence-electron chi connectivity index (χ0n) is 18.5. The minimum absolute atomic E-state index is 0.322. The largest absolute Gasteiger partial charge is 0.494 e. The first-order valence-electron chi connectivity index (χ1n) is 10.2. The second-order valence-corrected chi connectivity index (χ2v) is 7.37. The number of hydrogen-bond acceptors (Lipinski definition) is 3. The summed E-state index contributed by atoms with van der Waals surface area (Å²) < 4.78 is 12.3. The van der Waals surface area contributed by atoms with Crippen LogP contribution in [0.4, 0.5) is 0 Å². The molecule has 5 heteroatoms. The number of imidazole rings is 1. The standard InChI is InChI=1S/C19H21BN2O2.2C2H6/c1-18(2)19(3,4)24-20(23-18)16-8-7-13-9-15(6-5-14(13)10-16)17-11-21-12-22-17;2*1-2/h5-12H,1-4H3,(H,21,22);2*1-2H3. The molecule has 0 atom stereocenters. The quantitative estimate of drug-likeness (QED) is 0.590. The predicted octanol–water partition coefficient (Wildman–Crippen LogP) is 5.58. The van der Waals surface area contributed by atoms with Gasteiger partial charge in [-0.25, -0.2) is 4.98 Å². The van der Waals surface area contributed by atoms with Crippen molar-refractivity contribution in [2.24, 2.45) is 0 Å². The molecular formula is C23H33BN2O2. The Balaban J connectivity index is 0.000000660. The van der Waals surface area contributed by atoms with E-state index >= 15 is 0 Å². The number of hydrogen-bond donors (Lipinski definition) is 1. The summed E-state index contributed by atoms with van der Waals surface area (Å²) in [7, 11) is -0.327. The van der Waals surface area contributed by atoms with Crippen molar-refractivity contribution in [3.63, 3.8) is 0 Å². The van der Waals surface area contributed by atoms with Crippen LogP contribution >= 0.6 is 0 Å². The minimum atomic E-state index is -0.327. The Labute approximate surface area is 169 Å². The third-order valence-corrected chi connectivity index (χ3v) is 5.20. The monoisotopic (exact) mass is 380 g/mol. The molecule has 0 amide bonds. The Kier molecular flexibility index (Phi) is 7.08. The fraction of sp³-hybridized carbons (Fsp3) is 0.435. The highest BCUT2D eigenvalue weighted by Gasteiger charge is 2.51. The van der Waals surface area contributed by atoms with Crippen LogP contribution in [0.5, 0.6) is 0 Å². The molecular weight excluding hydrogens is 347 g/mol. The first-order chi connectivity index (χ1) is 13.4. The third kappa shape index (κ3) is 4.31. The molecule has 1 aromatic heterocycles. The third-order valence-electron chi connectivity index (χ3n) is 5.20. The highest BCUT2D eigenvalue weighted by atomic mass is 16.7. The molecule has 1 saturated heterocycles. The van der Waals surface area contributed by atoms with E-state index in [0.29, 0.717) is 0 Å². The summed E-state index contributed by atoms with van der Waals surface area (Å²) >= 11 is 0. The van der Waals surface area contributed by atoms with Gasteiger partial charge in [0, 0.05) is 5.56 Å². The summed E-state index contributed by atoms with van der Waals surface area (Å²) in [5.41, 5.74) is 2.56. The molecule has 0 spiro atoms. The molecule has 2 aromatic carbocycles. The van der Waals surface area contributed by atoms with Crippen molar-refractivity contribution in [1.82, 2.24) is 9.97 Å². The van der Waals surface area contributed by atoms with E-state index in [-0.39, 0.29) is 18.3 Å². The normalized spacial score (nSPS) is 16.8. The van der Waals surface area contributed by atoms with E-state index in [4.69, 9.17) is 9.31 Å². The van der Waals surface area contributed by atoms with E-state index in [2.05, 4.69) is 74.1 Å². The van der Waals surface area contributed by atoms with Gasteiger partial charge in [-0.1, -0.05) is 58.0 Å². The van der Waals surface area contributed by atoms with Gasteiger partial charge in [0.05, 0.1) is 29.4 Å². The SMILES string of the molecule is CC.CC.CC1(C)OB(c2ccc3cc(-c4cnc[nH]4)ccc3c2)OC1(C)C. The van der Waals surface area contributed by atoms with E-state index in [1.54, 1.807) is 6.33 Å². The Hall–Kier alpha value is -2.11. The van der Waals surface area contributed by atoms with E-state index in [9.17, 15) is 0 Å². The van der Waals surface area contributed by atoms with Crippen molar-refractivity contribution in [2.45, 2.75) is 66.6 Å². The summed E-state index contributed by atoms with van der Waals surface area (Å²) in [6.45, 7) is 16.3. The lowest BCUT2D eigenvalue weighted by Crippen LogP contribution is -2.41. The molecule has 0 unspecified atom stereocenters. The molecule has 150 valence electrons. The molecule has 2 heterocycles. The average molecular weight is 380 g/mol. The predicted molar refractivity (Wildman–Crippen MR) is 120 cm³/mol. The van der Waals surface area contributed by atoms with Crippen molar-refractivity contribution in [2.75, 3.05) is 0 Å². The molecule has 1 fully saturated rings. The molecule has 0 saturated carbocycles. The van der Waals surface area contributed by atoms with Crippen molar-refractivity contribution in [3.8, 4) is 11.3 Å². The second-order valence-electron chi connectivity index (χ2n) is 7.37. The maximum atomic E-state index is 6.15. The molecule has 0 radical (unpaired) electrons. The molecule has 4 nitrogen and oxygen atoms in total. The van der Waals surface area contributed by atoms with Gasteiger partial charge in [-0.15, -0.1) is 0 Å². The van der Waals surface area contributed by atoms with Crippen molar-refractivity contribution in [1.29, 1.82) is 0 Å². The first kappa shape index (κ1) is 22.2. The zero-order valence-corrected chi connectivity index (χ0v) is 18.5. The van der Waals surface area contributed by atoms with E-state index in [1.165, 1.54) is 10.8 Å². The van der Waals surface area contributed by atoms with Crippen molar-refractivity contribution >= 4 is 23.4 Å². The Morgan fingerprint density at radius 1 is 0.821 bits per heavy atom. The number of fused-ring (bicyclic) bond motifs is 1. The molecule has 4 rings (SSSR count). The van der Waals surface area contributed by atoms with Crippen LogP contribution in [0, 0.1) is 0 Å².